The summed E-state index contributed by atoms with van der Waals surface area (Å²) < 4.78 is 0. The van der Waals surface area contributed by atoms with E-state index < -0.39 is 0 Å². The molecule has 0 unspecified atom stereocenters. The van der Waals surface area contributed by atoms with Gasteiger partial charge in [-0.2, -0.15) is 0 Å². The molecule has 1 fully saturated rings. The fourth-order valence-electron chi connectivity index (χ4n) is 1.58. The molecule has 1 saturated heterocycles. The van der Waals surface area contributed by atoms with Crippen LogP contribution >= 0.6 is 0 Å². The first kappa shape index (κ1) is 12.4. The summed E-state index contributed by atoms with van der Waals surface area (Å²) in [6, 6.07) is 0. The molecule has 1 heterocycles. The van der Waals surface area contributed by atoms with Crippen LogP contribution in [0.5, 0.6) is 0 Å². The Bertz CT molecular complexity index is 174. The van der Waals surface area contributed by atoms with Crippen LogP contribution < -0.4 is 16.0 Å². The quantitative estimate of drug-likeness (QED) is 0.465. The number of carbonyl (C=O) groups excluding carboxylic acids is 1. The summed E-state index contributed by atoms with van der Waals surface area (Å²) in [5.74, 6) is 0.161. The average Bonchev–Trinajstić information content (AvgIpc) is 2.18. The van der Waals surface area contributed by atoms with Gasteiger partial charge < -0.3 is 20.9 Å². The molecule has 0 bridgehead atoms. The minimum absolute atomic E-state index is 0.161. The van der Waals surface area contributed by atoms with E-state index in [1.165, 1.54) is 0 Å². The highest BCUT2D eigenvalue weighted by atomic mass is 16.2. The van der Waals surface area contributed by atoms with Gasteiger partial charge >= 0.3 is 0 Å². The third kappa shape index (κ3) is 5.71. The molecule has 0 aliphatic carbocycles. The summed E-state index contributed by atoms with van der Waals surface area (Å²) in [6.45, 7) is 8.89. The lowest BCUT2D eigenvalue weighted by atomic mass is 10.4. The zero-order valence-electron chi connectivity index (χ0n) is 9.51. The lowest BCUT2D eigenvalue weighted by Crippen LogP contribution is -2.43. The zero-order chi connectivity index (χ0) is 10.9. The van der Waals surface area contributed by atoms with Gasteiger partial charge in [0.2, 0.25) is 5.91 Å². The standard InChI is InChI=1S/C10H22N4O/c1-10(15)14-8-6-12-4-2-11-3-5-13-7-9-14/h11-13H,2-9H2,1H3. The van der Waals surface area contributed by atoms with Crippen LogP contribution in [0.3, 0.4) is 0 Å². The van der Waals surface area contributed by atoms with Crippen molar-refractivity contribution in [3.8, 4) is 0 Å². The van der Waals surface area contributed by atoms with Crippen molar-refractivity contribution < 1.29 is 4.79 Å². The molecule has 5 nitrogen and oxygen atoms in total. The largest absolute Gasteiger partial charge is 0.340 e. The Balaban J connectivity index is 2.28. The second-order valence-corrected chi connectivity index (χ2v) is 3.76. The second-order valence-electron chi connectivity index (χ2n) is 3.76. The first-order valence-corrected chi connectivity index (χ1v) is 5.68. The van der Waals surface area contributed by atoms with Crippen molar-refractivity contribution in [2.75, 3.05) is 52.4 Å². The number of nitrogens with one attached hydrogen (secondary N) is 3. The van der Waals surface area contributed by atoms with Gasteiger partial charge in [-0.1, -0.05) is 0 Å². The lowest BCUT2D eigenvalue weighted by molar-refractivity contribution is -0.128. The monoisotopic (exact) mass is 214 g/mol. The molecular formula is C10H22N4O. The summed E-state index contributed by atoms with van der Waals surface area (Å²) in [6.07, 6.45) is 0. The molecule has 0 aromatic heterocycles. The zero-order valence-corrected chi connectivity index (χ0v) is 9.51. The van der Waals surface area contributed by atoms with Crippen LogP contribution in [-0.2, 0) is 4.79 Å². The van der Waals surface area contributed by atoms with E-state index in [2.05, 4.69) is 16.0 Å². The predicted octanol–water partition coefficient (Wildman–Crippen LogP) is -1.38. The van der Waals surface area contributed by atoms with Gasteiger partial charge in [0.25, 0.3) is 0 Å². The van der Waals surface area contributed by atoms with Gasteiger partial charge in [-0.05, 0) is 0 Å². The van der Waals surface area contributed by atoms with Gasteiger partial charge in [-0.25, -0.2) is 0 Å². The number of carbonyl (C=O) groups is 1. The SMILES string of the molecule is CC(=O)N1CCNCCNCCNCC1. The first-order chi connectivity index (χ1) is 7.30. The van der Waals surface area contributed by atoms with E-state index in [1.54, 1.807) is 6.92 Å². The average molecular weight is 214 g/mol. The van der Waals surface area contributed by atoms with Crippen LogP contribution in [0, 0.1) is 0 Å². The van der Waals surface area contributed by atoms with Crippen LogP contribution in [0.2, 0.25) is 0 Å². The molecule has 0 radical (unpaired) electrons. The minimum atomic E-state index is 0.161. The number of nitrogens with zero attached hydrogens (tertiary/aromatic N) is 1. The summed E-state index contributed by atoms with van der Waals surface area (Å²) in [5, 5.41) is 9.95. The maximum atomic E-state index is 11.3. The molecule has 1 aliphatic heterocycles. The van der Waals surface area contributed by atoms with Gasteiger partial charge in [-0.15, -0.1) is 0 Å². The van der Waals surface area contributed by atoms with Crippen LogP contribution in [-0.4, -0.2) is 63.2 Å². The first-order valence-electron chi connectivity index (χ1n) is 5.68. The van der Waals surface area contributed by atoms with Crippen LogP contribution in [0.25, 0.3) is 0 Å². The van der Waals surface area contributed by atoms with Crippen molar-refractivity contribution in [3.63, 3.8) is 0 Å². The van der Waals surface area contributed by atoms with E-state index >= 15 is 0 Å². The second kappa shape index (κ2) is 7.62. The molecule has 0 saturated carbocycles. The molecular weight excluding hydrogens is 192 g/mol. The highest BCUT2D eigenvalue weighted by Crippen LogP contribution is 1.87. The summed E-state index contributed by atoms with van der Waals surface area (Å²) in [5.41, 5.74) is 0. The van der Waals surface area contributed by atoms with Gasteiger partial charge in [0.15, 0.2) is 0 Å². The number of amides is 1. The fourth-order valence-corrected chi connectivity index (χ4v) is 1.58. The van der Waals surface area contributed by atoms with Crippen molar-refractivity contribution in [2.45, 2.75) is 6.92 Å². The van der Waals surface area contributed by atoms with E-state index in [0.29, 0.717) is 0 Å². The highest BCUT2D eigenvalue weighted by molar-refractivity contribution is 5.73. The normalized spacial score (nSPS) is 21.5. The summed E-state index contributed by atoms with van der Waals surface area (Å²) in [7, 11) is 0. The van der Waals surface area contributed by atoms with Crippen molar-refractivity contribution >= 4 is 5.91 Å². The lowest BCUT2D eigenvalue weighted by Gasteiger charge is -2.22. The van der Waals surface area contributed by atoms with Crippen molar-refractivity contribution in [1.82, 2.24) is 20.9 Å². The smallest absolute Gasteiger partial charge is 0.219 e. The molecule has 0 spiro atoms. The number of hydrogen-bond acceptors (Lipinski definition) is 4. The Labute approximate surface area is 91.6 Å². The summed E-state index contributed by atoms with van der Waals surface area (Å²) >= 11 is 0. The van der Waals surface area contributed by atoms with Crippen LogP contribution in [0.4, 0.5) is 0 Å². The Kier molecular flexibility index (Phi) is 6.31. The van der Waals surface area contributed by atoms with E-state index in [4.69, 9.17) is 0 Å². The molecule has 3 N–H and O–H groups in total. The van der Waals surface area contributed by atoms with Gasteiger partial charge in [0.05, 0.1) is 0 Å². The van der Waals surface area contributed by atoms with Gasteiger partial charge in [0, 0.05) is 59.3 Å². The molecule has 1 rings (SSSR count). The maximum absolute atomic E-state index is 11.3. The molecule has 5 heteroatoms. The third-order valence-corrected chi connectivity index (χ3v) is 2.52. The highest BCUT2D eigenvalue weighted by Gasteiger charge is 2.07. The maximum Gasteiger partial charge on any atom is 0.219 e. The topological polar surface area (TPSA) is 56.4 Å². The molecule has 1 amide bonds. The molecule has 88 valence electrons. The molecule has 15 heavy (non-hydrogen) atoms. The predicted molar refractivity (Wildman–Crippen MR) is 60.9 cm³/mol. The van der Waals surface area contributed by atoms with Gasteiger partial charge in [-0.3, -0.25) is 4.79 Å². The Morgan fingerprint density at radius 2 is 1.27 bits per heavy atom. The molecule has 1 aliphatic rings. The number of rotatable bonds is 0. The fraction of sp³-hybridized carbons (Fsp3) is 0.900. The van der Waals surface area contributed by atoms with E-state index in [9.17, 15) is 4.79 Å². The summed E-state index contributed by atoms with van der Waals surface area (Å²) in [4.78, 5) is 13.2. The third-order valence-electron chi connectivity index (χ3n) is 2.52. The Morgan fingerprint density at radius 1 is 0.867 bits per heavy atom. The van der Waals surface area contributed by atoms with Crippen molar-refractivity contribution in [2.24, 2.45) is 0 Å². The van der Waals surface area contributed by atoms with Crippen molar-refractivity contribution in [3.05, 3.63) is 0 Å². The molecule has 0 atom stereocenters. The Morgan fingerprint density at radius 3 is 1.67 bits per heavy atom. The van der Waals surface area contributed by atoms with Crippen LogP contribution in [0.1, 0.15) is 6.92 Å². The van der Waals surface area contributed by atoms with Crippen LogP contribution in [0.15, 0.2) is 0 Å². The van der Waals surface area contributed by atoms with Gasteiger partial charge in [0.1, 0.15) is 0 Å². The molecule has 0 aromatic carbocycles. The number of hydrogen-bond donors (Lipinski definition) is 3. The minimum Gasteiger partial charge on any atom is -0.340 e. The van der Waals surface area contributed by atoms with Crippen molar-refractivity contribution in [1.29, 1.82) is 0 Å². The van der Waals surface area contributed by atoms with E-state index in [1.807, 2.05) is 4.90 Å². The van der Waals surface area contributed by atoms with E-state index in [0.717, 1.165) is 52.4 Å². The molecule has 0 aromatic rings. The van der Waals surface area contributed by atoms with E-state index in [-0.39, 0.29) is 5.91 Å². The Hall–Kier alpha value is -0.650.